The molecule has 0 radical (unpaired) electrons. The Bertz CT molecular complexity index is 664. The maximum absolute atomic E-state index is 12.3. The molecule has 2 aromatic rings. The van der Waals surface area contributed by atoms with Gasteiger partial charge in [0.25, 0.3) is 0 Å². The fraction of sp³-hybridized carbons (Fsp3) is 0.375. The molecule has 5 heteroatoms. The smallest absolute Gasteiger partial charge is 0.244 e. The molecule has 0 aliphatic carbocycles. The number of nitrogens with two attached hydrogens (primary N) is 1. The van der Waals surface area contributed by atoms with Crippen molar-refractivity contribution in [1.29, 1.82) is 0 Å². The van der Waals surface area contributed by atoms with E-state index in [0.717, 1.165) is 42.4 Å². The highest BCUT2D eigenvalue weighted by Gasteiger charge is 2.23. The second kappa shape index (κ2) is 5.60. The highest BCUT2D eigenvalue weighted by atomic mass is 16.2. The van der Waals surface area contributed by atoms with Crippen LogP contribution in [0.2, 0.25) is 0 Å². The molecule has 1 unspecified atom stereocenters. The molecule has 1 aliphatic rings. The zero-order valence-corrected chi connectivity index (χ0v) is 12.2. The normalized spacial score (nSPS) is 16.1. The van der Waals surface area contributed by atoms with Gasteiger partial charge in [0.05, 0.1) is 11.4 Å². The van der Waals surface area contributed by atoms with Crippen LogP contribution in [0.5, 0.6) is 0 Å². The fourth-order valence-corrected chi connectivity index (χ4v) is 2.82. The minimum Gasteiger partial charge on any atom is -0.397 e. The molecular formula is C16H20N4O. The number of amides is 1. The number of nitrogens with one attached hydrogen (secondary N) is 1. The number of benzene rings is 1. The summed E-state index contributed by atoms with van der Waals surface area (Å²) in [7, 11) is 0. The molecule has 0 spiro atoms. The van der Waals surface area contributed by atoms with Gasteiger partial charge in [0.2, 0.25) is 5.91 Å². The van der Waals surface area contributed by atoms with E-state index < -0.39 is 0 Å². The van der Waals surface area contributed by atoms with Gasteiger partial charge in [-0.2, -0.15) is 0 Å². The molecule has 1 fully saturated rings. The minimum absolute atomic E-state index is 0.140. The van der Waals surface area contributed by atoms with Gasteiger partial charge in [-0.25, -0.2) is 0 Å². The van der Waals surface area contributed by atoms with E-state index in [4.69, 9.17) is 5.73 Å². The summed E-state index contributed by atoms with van der Waals surface area (Å²) in [6.45, 7) is 3.62. The largest absolute Gasteiger partial charge is 0.397 e. The summed E-state index contributed by atoms with van der Waals surface area (Å²) in [4.78, 5) is 18.3. The van der Waals surface area contributed by atoms with Crippen LogP contribution in [0.25, 0.3) is 10.8 Å². The van der Waals surface area contributed by atoms with Gasteiger partial charge in [0.1, 0.15) is 6.04 Å². The van der Waals surface area contributed by atoms with Gasteiger partial charge < -0.3 is 16.0 Å². The van der Waals surface area contributed by atoms with E-state index in [1.54, 1.807) is 12.4 Å². The zero-order chi connectivity index (χ0) is 14.8. The Labute approximate surface area is 124 Å². The molecule has 2 heterocycles. The van der Waals surface area contributed by atoms with E-state index in [9.17, 15) is 4.79 Å². The number of carbonyl (C=O) groups excluding carboxylic acids is 1. The van der Waals surface area contributed by atoms with Crippen molar-refractivity contribution in [1.82, 2.24) is 9.88 Å². The summed E-state index contributed by atoms with van der Waals surface area (Å²) in [6, 6.07) is 5.49. The van der Waals surface area contributed by atoms with Crippen molar-refractivity contribution < 1.29 is 4.79 Å². The molecule has 1 aliphatic heterocycles. The lowest BCUT2D eigenvalue weighted by Crippen LogP contribution is -2.39. The van der Waals surface area contributed by atoms with Crippen LogP contribution in [0.4, 0.5) is 11.4 Å². The van der Waals surface area contributed by atoms with Gasteiger partial charge in [-0.05, 0) is 31.9 Å². The third kappa shape index (κ3) is 2.63. The molecule has 1 aromatic carbocycles. The maximum Gasteiger partial charge on any atom is 0.244 e. The molecule has 1 saturated heterocycles. The lowest BCUT2D eigenvalue weighted by Gasteiger charge is -2.22. The first-order valence-electron chi connectivity index (χ1n) is 7.34. The zero-order valence-electron chi connectivity index (χ0n) is 12.2. The number of aromatic nitrogens is 1. The summed E-state index contributed by atoms with van der Waals surface area (Å²) in [6.07, 6.45) is 5.71. The predicted molar refractivity (Wildman–Crippen MR) is 85.1 cm³/mol. The second-order valence-corrected chi connectivity index (χ2v) is 5.52. The number of anilines is 2. The molecule has 1 aromatic heterocycles. The van der Waals surface area contributed by atoms with Crippen molar-refractivity contribution in [3.05, 3.63) is 30.6 Å². The third-order valence-electron chi connectivity index (χ3n) is 4.02. The number of likely N-dealkylation sites (tertiary alicyclic amines) is 1. The van der Waals surface area contributed by atoms with E-state index in [1.165, 1.54) is 0 Å². The van der Waals surface area contributed by atoms with Gasteiger partial charge in [-0.3, -0.25) is 9.78 Å². The number of hydrogen-bond donors (Lipinski definition) is 2. The molecule has 3 N–H and O–H groups in total. The Hall–Kier alpha value is -2.30. The number of pyridine rings is 1. The predicted octanol–water partition coefficient (Wildman–Crippen LogP) is 2.24. The number of hydrogen-bond acceptors (Lipinski definition) is 4. The van der Waals surface area contributed by atoms with E-state index >= 15 is 0 Å². The van der Waals surface area contributed by atoms with E-state index in [-0.39, 0.29) is 11.9 Å². The molecule has 1 atom stereocenters. The third-order valence-corrected chi connectivity index (χ3v) is 4.02. The Morgan fingerprint density at radius 1 is 1.33 bits per heavy atom. The number of nitrogens with zero attached hydrogens (tertiary/aromatic N) is 2. The van der Waals surface area contributed by atoms with Crippen LogP contribution in [0.15, 0.2) is 30.6 Å². The SMILES string of the molecule is CC(Nc1ccc2cnccc2c1N)C(=O)N1CCCC1. The lowest BCUT2D eigenvalue weighted by molar-refractivity contribution is -0.130. The molecule has 110 valence electrons. The van der Waals surface area contributed by atoms with Gasteiger partial charge >= 0.3 is 0 Å². The average molecular weight is 284 g/mol. The van der Waals surface area contributed by atoms with Gasteiger partial charge in [0.15, 0.2) is 0 Å². The highest BCUT2D eigenvalue weighted by molar-refractivity contribution is 5.99. The monoisotopic (exact) mass is 284 g/mol. The van der Waals surface area contributed by atoms with Crippen LogP contribution in [0, 0.1) is 0 Å². The lowest BCUT2D eigenvalue weighted by atomic mass is 10.1. The van der Waals surface area contributed by atoms with E-state index in [2.05, 4.69) is 10.3 Å². The number of fused-ring (bicyclic) bond motifs is 1. The molecule has 5 nitrogen and oxygen atoms in total. The Balaban J connectivity index is 1.81. The summed E-state index contributed by atoms with van der Waals surface area (Å²) in [5.74, 6) is 0.140. The fourth-order valence-electron chi connectivity index (χ4n) is 2.82. The first-order valence-corrected chi connectivity index (χ1v) is 7.34. The number of rotatable bonds is 3. The van der Waals surface area contributed by atoms with Crippen molar-refractivity contribution in [3.63, 3.8) is 0 Å². The molecule has 0 saturated carbocycles. The van der Waals surface area contributed by atoms with Crippen LogP contribution in [0.1, 0.15) is 19.8 Å². The Morgan fingerprint density at radius 2 is 2.10 bits per heavy atom. The summed E-state index contributed by atoms with van der Waals surface area (Å²) in [5, 5.41) is 5.20. The van der Waals surface area contributed by atoms with Crippen molar-refractivity contribution in [2.45, 2.75) is 25.8 Å². The molecular weight excluding hydrogens is 264 g/mol. The quantitative estimate of drug-likeness (QED) is 0.848. The highest BCUT2D eigenvalue weighted by Crippen LogP contribution is 2.28. The second-order valence-electron chi connectivity index (χ2n) is 5.52. The molecule has 3 rings (SSSR count). The maximum atomic E-state index is 12.3. The van der Waals surface area contributed by atoms with E-state index in [1.807, 2.05) is 30.0 Å². The minimum atomic E-state index is -0.273. The molecule has 0 bridgehead atoms. The van der Waals surface area contributed by atoms with Crippen LogP contribution in [-0.4, -0.2) is 34.9 Å². The summed E-state index contributed by atoms with van der Waals surface area (Å²) < 4.78 is 0. The van der Waals surface area contributed by atoms with Gasteiger partial charge in [-0.1, -0.05) is 6.07 Å². The van der Waals surface area contributed by atoms with Crippen molar-refractivity contribution in [2.75, 3.05) is 24.1 Å². The van der Waals surface area contributed by atoms with Gasteiger partial charge in [0, 0.05) is 36.3 Å². The van der Waals surface area contributed by atoms with Crippen molar-refractivity contribution in [3.8, 4) is 0 Å². The van der Waals surface area contributed by atoms with Crippen LogP contribution in [0.3, 0.4) is 0 Å². The van der Waals surface area contributed by atoms with Crippen LogP contribution < -0.4 is 11.1 Å². The Kier molecular flexibility index (Phi) is 3.64. The molecule has 1 amide bonds. The summed E-state index contributed by atoms with van der Waals surface area (Å²) >= 11 is 0. The first kappa shape index (κ1) is 13.7. The summed E-state index contributed by atoms with van der Waals surface area (Å²) in [5.41, 5.74) is 7.67. The first-order chi connectivity index (χ1) is 10.2. The average Bonchev–Trinajstić information content (AvgIpc) is 3.04. The van der Waals surface area contributed by atoms with Crippen molar-refractivity contribution in [2.24, 2.45) is 0 Å². The number of carbonyl (C=O) groups is 1. The van der Waals surface area contributed by atoms with Gasteiger partial charge in [-0.15, -0.1) is 0 Å². The molecule has 21 heavy (non-hydrogen) atoms. The standard InChI is InChI=1S/C16H20N4O/c1-11(16(21)20-8-2-3-9-20)19-14-5-4-12-10-18-7-6-13(12)15(14)17/h4-7,10-11,19H,2-3,8-9,17H2,1H3. The Morgan fingerprint density at radius 3 is 2.86 bits per heavy atom. The van der Waals surface area contributed by atoms with Crippen LogP contribution >= 0.6 is 0 Å². The van der Waals surface area contributed by atoms with E-state index in [0.29, 0.717) is 5.69 Å². The van der Waals surface area contributed by atoms with Crippen molar-refractivity contribution >= 4 is 28.1 Å². The van der Waals surface area contributed by atoms with Crippen LogP contribution in [-0.2, 0) is 4.79 Å². The topological polar surface area (TPSA) is 71.2 Å². The number of nitrogen functional groups attached to an aromatic ring is 1.